The molecule has 0 bridgehead atoms. The summed E-state index contributed by atoms with van der Waals surface area (Å²) < 4.78 is 1.78. The molecule has 3 rings (SSSR count). The normalized spacial score (nSPS) is 14.3. The highest BCUT2D eigenvalue weighted by atomic mass is 16.5. The molecule has 2 amide bonds. The van der Waals surface area contributed by atoms with Crippen LogP contribution in [0.2, 0.25) is 0 Å². The van der Waals surface area contributed by atoms with Gasteiger partial charge in [0.25, 0.3) is 11.8 Å². The van der Waals surface area contributed by atoms with E-state index in [9.17, 15) is 9.59 Å². The summed E-state index contributed by atoms with van der Waals surface area (Å²) in [5.74, 6) is -0.705. The number of carbonyl (C=O) groups excluding carboxylic acids is 2. The van der Waals surface area contributed by atoms with Gasteiger partial charge in [-0.25, -0.2) is 5.48 Å². The van der Waals surface area contributed by atoms with E-state index < -0.39 is 5.91 Å². The van der Waals surface area contributed by atoms with Crippen molar-refractivity contribution < 1.29 is 14.8 Å². The number of rotatable bonds is 3. The van der Waals surface area contributed by atoms with E-state index in [1.807, 2.05) is 31.2 Å². The summed E-state index contributed by atoms with van der Waals surface area (Å²) in [5, 5.41) is 8.74. The molecule has 0 radical (unpaired) electrons. The van der Waals surface area contributed by atoms with E-state index in [4.69, 9.17) is 5.21 Å². The van der Waals surface area contributed by atoms with Crippen molar-refractivity contribution in [1.82, 2.24) is 14.9 Å². The molecule has 2 N–H and O–H groups in total. The number of nitrogens with zero attached hydrogens (tertiary/aromatic N) is 2. The topological polar surface area (TPSA) is 74.6 Å². The highest BCUT2D eigenvalue weighted by Gasteiger charge is 2.24. The van der Waals surface area contributed by atoms with Crippen LogP contribution in [0.1, 0.15) is 38.4 Å². The largest absolute Gasteiger partial charge is 0.343 e. The zero-order chi connectivity index (χ0) is 16.4. The predicted molar refractivity (Wildman–Crippen MR) is 84.2 cm³/mol. The number of hydrogen-bond donors (Lipinski definition) is 2. The number of hydrogen-bond acceptors (Lipinski definition) is 3. The molecule has 6 heteroatoms. The Morgan fingerprint density at radius 1 is 1.26 bits per heavy atom. The zero-order valence-corrected chi connectivity index (χ0v) is 13.0. The molecule has 0 atom stereocenters. The Bertz CT molecular complexity index is 734. The molecule has 6 nitrogen and oxygen atoms in total. The first kappa shape index (κ1) is 15.3. The van der Waals surface area contributed by atoms with Crippen LogP contribution in [0, 0.1) is 6.92 Å². The maximum absolute atomic E-state index is 12.7. The number of hydroxylamine groups is 1. The van der Waals surface area contributed by atoms with Crippen molar-refractivity contribution in [3.63, 3.8) is 0 Å². The fourth-order valence-corrected chi connectivity index (χ4v) is 2.82. The van der Waals surface area contributed by atoms with Gasteiger partial charge in [-0.05, 0) is 25.0 Å². The summed E-state index contributed by atoms with van der Waals surface area (Å²) in [4.78, 5) is 26.1. The molecular formula is C17H19N3O3. The van der Waals surface area contributed by atoms with E-state index in [0.29, 0.717) is 25.3 Å². The van der Waals surface area contributed by atoms with Crippen molar-refractivity contribution in [2.45, 2.75) is 26.4 Å². The summed E-state index contributed by atoms with van der Waals surface area (Å²) in [7, 11) is 0. The minimum Gasteiger partial charge on any atom is -0.343 e. The predicted octanol–water partition coefficient (Wildman–Crippen LogP) is 1.96. The van der Waals surface area contributed by atoms with Crippen molar-refractivity contribution in [3.05, 3.63) is 58.9 Å². The molecule has 0 fully saturated rings. The quantitative estimate of drug-likeness (QED) is 0.672. The highest BCUT2D eigenvalue weighted by Crippen LogP contribution is 2.18. The Morgan fingerprint density at radius 3 is 2.70 bits per heavy atom. The van der Waals surface area contributed by atoms with Crippen LogP contribution in [-0.4, -0.2) is 33.0 Å². The third-order valence-corrected chi connectivity index (χ3v) is 4.09. The van der Waals surface area contributed by atoms with Crippen molar-refractivity contribution >= 4 is 11.8 Å². The second-order valence-electron chi connectivity index (χ2n) is 5.81. The highest BCUT2D eigenvalue weighted by molar-refractivity contribution is 5.99. The van der Waals surface area contributed by atoms with Gasteiger partial charge < -0.3 is 9.47 Å². The lowest BCUT2D eigenvalue weighted by Gasteiger charge is -2.20. The van der Waals surface area contributed by atoms with Crippen molar-refractivity contribution in [2.24, 2.45) is 0 Å². The first-order valence-corrected chi connectivity index (χ1v) is 7.58. The van der Waals surface area contributed by atoms with E-state index in [1.54, 1.807) is 21.1 Å². The summed E-state index contributed by atoms with van der Waals surface area (Å²) in [6.45, 7) is 3.92. The fourth-order valence-electron chi connectivity index (χ4n) is 2.82. The second-order valence-corrected chi connectivity index (χ2v) is 5.81. The van der Waals surface area contributed by atoms with Crippen LogP contribution in [0.3, 0.4) is 0 Å². The molecule has 0 unspecified atom stereocenters. The molecular weight excluding hydrogens is 294 g/mol. The van der Waals surface area contributed by atoms with Crippen molar-refractivity contribution in [2.75, 3.05) is 6.54 Å². The van der Waals surface area contributed by atoms with Crippen LogP contribution < -0.4 is 5.48 Å². The number of amides is 2. The summed E-state index contributed by atoms with van der Waals surface area (Å²) >= 11 is 0. The van der Waals surface area contributed by atoms with Gasteiger partial charge >= 0.3 is 0 Å². The maximum Gasteiger partial charge on any atom is 0.276 e. The van der Waals surface area contributed by atoms with E-state index >= 15 is 0 Å². The van der Waals surface area contributed by atoms with Gasteiger partial charge in [-0.1, -0.05) is 29.8 Å². The van der Waals surface area contributed by atoms with Crippen LogP contribution in [0.4, 0.5) is 0 Å². The van der Waals surface area contributed by atoms with Gasteiger partial charge in [0.15, 0.2) is 0 Å². The molecule has 0 saturated heterocycles. The lowest BCUT2D eigenvalue weighted by molar-refractivity contribution is 0.0706. The van der Waals surface area contributed by atoms with Crippen LogP contribution >= 0.6 is 0 Å². The lowest BCUT2D eigenvalue weighted by atomic mass is 10.1. The second kappa shape index (κ2) is 6.26. The zero-order valence-electron chi connectivity index (χ0n) is 13.0. The average Bonchev–Trinajstić information content (AvgIpc) is 2.93. The minimum atomic E-state index is -0.608. The Hall–Kier alpha value is -2.60. The summed E-state index contributed by atoms with van der Waals surface area (Å²) in [5.41, 5.74) is 4.63. The number of carbonyl (C=O) groups is 2. The number of nitrogens with one attached hydrogen (secondary N) is 1. The van der Waals surface area contributed by atoms with Gasteiger partial charge in [0.2, 0.25) is 0 Å². The summed E-state index contributed by atoms with van der Waals surface area (Å²) in [6, 6.07) is 9.64. The molecule has 23 heavy (non-hydrogen) atoms. The van der Waals surface area contributed by atoms with Gasteiger partial charge in [-0.15, -0.1) is 0 Å². The minimum absolute atomic E-state index is 0.0972. The molecule has 2 heterocycles. The Labute approximate surface area is 134 Å². The van der Waals surface area contributed by atoms with E-state index in [-0.39, 0.29) is 11.5 Å². The van der Waals surface area contributed by atoms with Crippen LogP contribution in [0.15, 0.2) is 36.5 Å². The van der Waals surface area contributed by atoms with Gasteiger partial charge in [0.05, 0.1) is 5.56 Å². The number of fused-ring (bicyclic) bond motifs is 1. The first-order valence-electron chi connectivity index (χ1n) is 7.58. The average molecular weight is 313 g/mol. The number of aromatic nitrogens is 1. The third-order valence-electron chi connectivity index (χ3n) is 4.09. The molecule has 0 spiro atoms. The molecule has 0 saturated carbocycles. The third kappa shape index (κ3) is 3.12. The fraction of sp³-hybridized carbons (Fsp3) is 0.294. The Morgan fingerprint density at radius 2 is 2.00 bits per heavy atom. The van der Waals surface area contributed by atoms with Gasteiger partial charge in [0, 0.05) is 25.8 Å². The molecule has 0 aliphatic carbocycles. The van der Waals surface area contributed by atoms with E-state index in [1.165, 1.54) is 11.6 Å². The standard InChI is InChI=1S/C17H19N3O3/c1-12-3-5-13(6-4-12)10-20-8-2-7-19-11-14(16(21)18-23)9-15(19)17(20)22/h3-6,9,11,23H,2,7-8,10H2,1H3,(H,18,21). The summed E-state index contributed by atoms with van der Waals surface area (Å²) in [6.07, 6.45) is 2.42. The number of benzene rings is 1. The monoisotopic (exact) mass is 313 g/mol. The molecule has 1 aliphatic heterocycles. The van der Waals surface area contributed by atoms with Gasteiger partial charge in [-0.2, -0.15) is 0 Å². The molecule has 1 aromatic heterocycles. The van der Waals surface area contributed by atoms with Gasteiger partial charge in [-0.3, -0.25) is 14.8 Å². The van der Waals surface area contributed by atoms with E-state index in [0.717, 1.165) is 12.0 Å². The van der Waals surface area contributed by atoms with Crippen molar-refractivity contribution in [1.29, 1.82) is 0 Å². The maximum atomic E-state index is 12.7. The smallest absolute Gasteiger partial charge is 0.276 e. The first-order chi connectivity index (χ1) is 11.1. The Kier molecular flexibility index (Phi) is 4.16. The number of aryl methyl sites for hydroxylation is 2. The molecule has 120 valence electrons. The Balaban J connectivity index is 1.84. The SMILES string of the molecule is Cc1ccc(CN2CCCn3cc(C(=O)NO)cc3C2=O)cc1. The van der Waals surface area contributed by atoms with E-state index in [2.05, 4.69) is 0 Å². The van der Waals surface area contributed by atoms with Crippen LogP contribution in [0.5, 0.6) is 0 Å². The van der Waals surface area contributed by atoms with Crippen LogP contribution in [0.25, 0.3) is 0 Å². The van der Waals surface area contributed by atoms with Crippen molar-refractivity contribution in [3.8, 4) is 0 Å². The molecule has 2 aromatic rings. The molecule has 1 aromatic carbocycles. The lowest BCUT2D eigenvalue weighted by Crippen LogP contribution is -2.30. The van der Waals surface area contributed by atoms with Gasteiger partial charge in [0.1, 0.15) is 5.69 Å². The van der Waals surface area contributed by atoms with Crippen LogP contribution in [-0.2, 0) is 13.1 Å². The molecule has 1 aliphatic rings.